The van der Waals surface area contributed by atoms with Crippen LogP contribution in [0.25, 0.3) is 5.57 Å². The van der Waals surface area contributed by atoms with Crippen LogP contribution >= 0.6 is 0 Å². The average molecular weight is 146 g/mol. The molecule has 1 aliphatic carbocycles. The van der Waals surface area contributed by atoms with Gasteiger partial charge in [-0.2, -0.15) is 0 Å². The summed E-state index contributed by atoms with van der Waals surface area (Å²) in [6, 6.07) is 5.49. The van der Waals surface area contributed by atoms with Crippen molar-refractivity contribution in [3.05, 3.63) is 35.9 Å². The van der Waals surface area contributed by atoms with E-state index in [4.69, 9.17) is 5.11 Å². The van der Waals surface area contributed by atoms with Crippen molar-refractivity contribution in [3.8, 4) is 5.75 Å². The van der Waals surface area contributed by atoms with Crippen molar-refractivity contribution in [1.82, 2.24) is 0 Å². The van der Waals surface area contributed by atoms with Gasteiger partial charge in [0.15, 0.2) is 0 Å². The number of aryl methyl sites for hydroxylation is 1. The van der Waals surface area contributed by atoms with E-state index in [1.54, 1.807) is 6.07 Å². The number of phenolic OH excluding ortho intramolecular Hbond substituents is 1. The highest BCUT2D eigenvalue weighted by Gasteiger charge is 2.13. The zero-order valence-corrected chi connectivity index (χ0v) is 6.30. The van der Waals surface area contributed by atoms with Crippen LogP contribution < -0.4 is 0 Å². The maximum Gasteiger partial charge on any atom is 0.115 e. The van der Waals surface area contributed by atoms with Crippen LogP contribution in [0, 0.1) is 0 Å². The summed E-state index contributed by atoms with van der Waals surface area (Å²) in [5.74, 6) is 0.360. The lowest BCUT2D eigenvalue weighted by Gasteiger charge is -1.98. The summed E-state index contributed by atoms with van der Waals surface area (Å²) >= 11 is 0. The lowest BCUT2D eigenvalue weighted by atomic mass is 10.1. The molecule has 0 amide bonds. The van der Waals surface area contributed by atoms with Crippen LogP contribution in [-0.2, 0) is 6.42 Å². The standard InChI is InChI=1S/C10H10O/c1-7-2-3-8-6-9(11)4-5-10(7)8/h4-6,11H,1-3H2. The normalized spacial score (nSPS) is 15.1. The molecule has 11 heavy (non-hydrogen) atoms. The molecular formula is C10H10O. The molecule has 0 unspecified atom stereocenters. The van der Waals surface area contributed by atoms with Crippen LogP contribution in [0.2, 0.25) is 0 Å². The molecule has 0 fully saturated rings. The van der Waals surface area contributed by atoms with Gasteiger partial charge in [-0.3, -0.25) is 0 Å². The van der Waals surface area contributed by atoms with Crippen LogP contribution in [0.15, 0.2) is 24.8 Å². The minimum Gasteiger partial charge on any atom is -0.508 e. The molecule has 56 valence electrons. The largest absolute Gasteiger partial charge is 0.508 e. The molecule has 0 saturated heterocycles. The third kappa shape index (κ3) is 0.929. The van der Waals surface area contributed by atoms with Gasteiger partial charge < -0.3 is 5.11 Å². The fourth-order valence-corrected chi connectivity index (χ4v) is 1.55. The van der Waals surface area contributed by atoms with E-state index in [0.717, 1.165) is 12.8 Å². The van der Waals surface area contributed by atoms with Crippen molar-refractivity contribution in [2.75, 3.05) is 0 Å². The molecule has 0 saturated carbocycles. The third-order valence-electron chi connectivity index (χ3n) is 2.17. The average Bonchev–Trinajstić information content (AvgIpc) is 2.32. The van der Waals surface area contributed by atoms with Crippen molar-refractivity contribution < 1.29 is 5.11 Å². The zero-order chi connectivity index (χ0) is 7.84. The molecule has 0 heterocycles. The summed E-state index contributed by atoms with van der Waals surface area (Å²) in [5, 5.41) is 9.15. The topological polar surface area (TPSA) is 20.2 Å². The second-order valence-electron chi connectivity index (χ2n) is 2.95. The number of rotatable bonds is 0. The number of aromatic hydroxyl groups is 1. The number of benzene rings is 1. The highest BCUT2D eigenvalue weighted by Crippen LogP contribution is 2.32. The highest BCUT2D eigenvalue weighted by atomic mass is 16.3. The Morgan fingerprint density at radius 2 is 2.09 bits per heavy atom. The van der Waals surface area contributed by atoms with Gasteiger partial charge in [-0.15, -0.1) is 0 Å². The summed E-state index contributed by atoms with van der Waals surface area (Å²) in [7, 11) is 0. The Morgan fingerprint density at radius 3 is 2.91 bits per heavy atom. The van der Waals surface area contributed by atoms with E-state index in [1.165, 1.54) is 16.7 Å². The van der Waals surface area contributed by atoms with Crippen LogP contribution in [0.4, 0.5) is 0 Å². The Balaban J connectivity index is 2.59. The fourth-order valence-electron chi connectivity index (χ4n) is 1.55. The summed E-state index contributed by atoms with van der Waals surface area (Å²) < 4.78 is 0. The van der Waals surface area contributed by atoms with Gasteiger partial charge in [0, 0.05) is 0 Å². The number of hydrogen-bond donors (Lipinski definition) is 1. The van der Waals surface area contributed by atoms with Crippen molar-refractivity contribution in [2.24, 2.45) is 0 Å². The lowest BCUT2D eigenvalue weighted by Crippen LogP contribution is -1.78. The molecule has 0 radical (unpaired) electrons. The predicted octanol–water partition coefficient (Wildman–Crippen LogP) is 2.35. The third-order valence-corrected chi connectivity index (χ3v) is 2.17. The van der Waals surface area contributed by atoms with Gasteiger partial charge in [0.25, 0.3) is 0 Å². The molecule has 0 bridgehead atoms. The van der Waals surface area contributed by atoms with Gasteiger partial charge in [-0.1, -0.05) is 12.6 Å². The van der Waals surface area contributed by atoms with Gasteiger partial charge in [0.05, 0.1) is 0 Å². The fraction of sp³-hybridized carbons (Fsp3) is 0.200. The van der Waals surface area contributed by atoms with Gasteiger partial charge in [-0.25, -0.2) is 0 Å². The maximum atomic E-state index is 9.15. The van der Waals surface area contributed by atoms with Crippen molar-refractivity contribution >= 4 is 5.57 Å². The van der Waals surface area contributed by atoms with E-state index in [2.05, 4.69) is 6.58 Å². The lowest BCUT2D eigenvalue weighted by molar-refractivity contribution is 0.474. The van der Waals surface area contributed by atoms with Crippen molar-refractivity contribution in [1.29, 1.82) is 0 Å². The van der Waals surface area contributed by atoms with Crippen LogP contribution in [0.5, 0.6) is 5.75 Å². The van der Waals surface area contributed by atoms with E-state index in [1.807, 2.05) is 12.1 Å². The second-order valence-corrected chi connectivity index (χ2v) is 2.95. The molecule has 1 aromatic carbocycles. The predicted molar refractivity (Wildman–Crippen MR) is 45.5 cm³/mol. The molecule has 1 aromatic rings. The van der Waals surface area contributed by atoms with Gasteiger partial charge in [0.1, 0.15) is 5.75 Å². The Morgan fingerprint density at radius 1 is 1.27 bits per heavy atom. The van der Waals surface area contributed by atoms with E-state index < -0.39 is 0 Å². The first-order valence-electron chi connectivity index (χ1n) is 3.77. The van der Waals surface area contributed by atoms with E-state index >= 15 is 0 Å². The maximum absolute atomic E-state index is 9.15. The van der Waals surface area contributed by atoms with Gasteiger partial charge in [-0.05, 0) is 41.7 Å². The van der Waals surface area contributed by atoms with E-state index in [9.17, 15) is 0 Å². The Hall–Kier alpha value is -1.24. The van der Waals surface area contributed by atoms with E-state index in [-0.39, 0.29) is 0 Å². The Labute approximate surface area is 66.0 Å². The minimum atomic E-state index is 0.360. The summed E-state index contributed by atoms with van der Waals surface area (Å²) in [4.78, 5) is 0. The monoisotopic (exact) mass is 146 g/mol. The smallest absolute Gasteiger partial charge is 0.115 e. The number of fused-ring (bicyclic) bond motifs is 1. The van der Waals surface area contributed by atoms with Crippen LogP contribution in [0.1, 0.15) is 17.5 Å². The number of allylic oxidation sites excluding steroid dienone is 1. The highest BCUT2D eigenvalue weighted by molar-refractivity contribution is 5.71. The molecular weight excluding hydrogens is 136 g/mol. The molecule has 1 N–H and O–H groups in total. The Bertz CT molecular complexity index is 313. The first kappa shape index (κ1) is 6.47. The number of hydrogen-bond acceptors (Lipinski definition) is 1. The zero-order valence-electron chi connectivity index (χ0n) is 6.30. The molecule has 0 spiro atoms. The molecule has 0 aromatic heterocycles. The molecule has 1 heteroatoms. The van der Waals surface area contributed by atoms with Crippen molar-refractivity contribution in [2.45, 2.75) is 12.8 Å². The number of phenols is 1. The first-order chi connectivity index (χ1) is 5.27. The van der Waals surface area contributed by atoms with Gasteiger partial charge in [0.2, 0.25) is 0 Å². The second kappa shape index (κ2) is 2.12. The van der Waals surface area contributed by atoms with Crippen LogP contribution in [0.3, 0.4) is 0 Å². The molecule has 0 aliphatic heterocycles. The Kier molecular flexibility index (Phi) is 1.25. The molecule has 1 nitrogen and oxygen atoms in total. The summed E-state index contributed by atoms with van der Waals surface area (Å²) in [5.41, 5.74) is 3.65. The van der Waals surface area contributed by atoms with Gasteiger partial charge >= 0.3 is 0 Å². The minimum absolute atomic E-state index is 0.360. The molecule has 0 atom stereocenters. The summed E-state index contributed by atoms with van der Waals surface area (Å²) in [6.45, 7) is 3.94. The van der Waals surface area contributed by atoms with Crippen LogP contribution in [-0.4, -0.2) is 5.11 Å². The molecule has 1 aliphatic rings. The molecule has 2 rings (SSSR count). The first-order valence-corrected chi connectivity index (χ1v) is 3.77. The SMILES string of the molecule is C=C1CCc2cc(O)ccc21. The van der Waals surface area contributed by atoms with E-state index in [0.29, 0.717) is 5.75 Å². The van der Waals surface area contributed by atoms with Crippen molar-refractivity contribution in [3.63, 3.8) is 0 Å². The summed E-state index contributed by atoms with van der Waals surface area (Å²) in [6.07, 6.45) is 2.07. The quantitative estimate of drug-likeness (QED) is 0.595.